The fourth-order valence-corrected chi connectivity index (χ4v) is 5.88. The molecule has 0 fully saturated rings. The number of amides is 2. The lowest BCUT2D eigenvalue weighted by Crippen LogP contribution is -2.50. The number of benzene rings is 3. The van der Waals surface area contributed by atoms with Crippen molar-refractivity contribution in [2.75, 3.05) is 26.7 Å². The lowest BCUT2D eigenvalue weighted by molar-refractivity contribution is -0.129. The number of para-hydroxylation sites is 2. The van der Waals surface area contributed by atoms with Gasteiger partial charge in [-0.3, -0.25) is 14.5 Å². The molecular formula is C35H34N6O3. The zero-order valence-corrected chi connectivity index (χ0v) is 24.5. The monoisotopic (exact) mass is 586 g/mol. The molecule has 222 valence electrons. The van der Waals surface area contributed by atoms with Gasteiger partial charge in [0.2, 0.25) is 11.8 Å². The van der Waals surface area contributed by atoms with Gasteiger partial charge < -0.3 is 25.3 Å². The molecule has 9 nitrogen and oxygen atoms in total. The molecule has 6 rings (SSSR count). The third kappa shape index (κ3) is 6.21. The van der Waals surface area contributed by atoms with Gasteiger partial charge in [-0.15, -0.1) is 0 Å². The fraction of sp³-hybridized carbons (Fsp3) is 0.229. The molecule has 0 spiro atoms. The molecule has 4 N–H and O–H groups in total. The zero-order chi connectivity index (χ0) is 30.5. The summed E-state index contributed by atoms with van der Waals surface area (Å²) in [7, 11) is 1.60. The van der Waals surface area contributed by atoms with Gasteiger partial charge in [0.05, 0.1) is 25.3 Å². The molecule has 0 saturated heterocycles. The Morgan fingerprint density at radius 2 is 1.80 bits per heavy atom. The highest BCUT2D eigenvalue weighted by Crippen LogP contribution is 2.30. The summed E-state index contributed by atoms with van der Waals surface area (Å²) < 4.78 is 5.43. The second kappa shape index (κ2) is 12.9. The first-order valence-corrected chi connectivity index (χ1v) is 14.7. The number of hydrogen-bond acceptors (Lipinski definition) is 5. The van der Waals surface area contributed by atoms with Crippen molar-refractivity contribution in [1.82, 2.24) is 25.5 Å². The van der Waals surface area contributed by atoms with Gasteiger partial charge in [-0.1, -0.05) is 42.5 Å². The Morgan fingerprint density at radius 1 is 1.00 bits per heavy atom. The number of nitriles is 1. The summed E-state index contributed by atoms with van der Waals surface area (Å²) in [5, 5.41) is 17.4. The SMILES string of the molecule is COc1ccccc1CNC(=O)[C@@H](Cc1c[nH]c2ccccc12)NC(=O)CN1CC=C(c2c[nH]c3ccc(C#N)cc23)CC1. The molecule has 0 radical (unpaired) electrons. The number of fused-ring (bicyclic) bond motifs is 2. The Labute approximate surface area is 255 Å². The largest absolute Gasteiger partial charge is 0.496 e. The number of nitrogens with one attached hydrogen (secondary N) is 4. The normalized spacial score (nSPS) is 14.1. The van der Waals surface area contributed by atoms with Crippen LogP contribution in [0.15, 0.2) is 85.2 Å². The van der Waals surface area contributed by atoms with Gasteiger partial charge in [0.25, 0.3) is 0 Å². The molecule has 9 heteroatoms. The molecule has 0 saturated carbocycles. The van der Waals surface area contributed by atoms with E-state index >= 15 is 0 Å². The van der Waals surface area contributed by atoms with E-state index in [-0.39, 0.29) is 24.9 Å². The molecule has 44 heavy (non-hydrogen) atoms. The van der Waals surface area contributed by atoms with Crippen molar-refractivity contribution >= 4 is 39.2 Å². The summed E-state index contributed by atoms with van der Waals surface area (Å²) in [6.07, 6.45) is 7.15. The van der Waals surface area contributed by atoms with Gasteiger partial charge in [0, 0.05) is 71.4 Å². The molecule has 2 aromatic heterocycles. The number of H-pyrrole nitrogens is 2. The maximum absolute atomic E-state index is 13.5. The molecule has 5 aromatic rings. The van der Waals surface area contributed by atoms with Gasteiger partial charge in [-0.2, -0.15) is 5.26 Å². The molecule has 1 atom stereocenters. The standard InChI is InChI=1S/C35H34N6O3/c1-44-33-9-5-2-6-25(33)19-39-35(43)32(17-26-20-37-30-8-4-3-7-27(26)30)40-34(42)22-41-14-12-24(13-15-41)29-21-38-31-11-10-23(18-36)16-28(29)31/h2-12,16,20-21,32,37-38H,13-15,17,19,22H2,1H3,(H,39,43)(H,40,42)/t32-/m1/s1. The lowest BCUT2D eigenvalue weighted by atomic mass is 9.98. The van der Waals surface area contributed by atoms with Gasteiger partial charge in [-0.25, -0.2) is 0 Å². The molecule has 0 bridgehead atoms. The van der Waals surface area contributed by atoms with E-state index in [2.05, 4.69) is 37.6 Å². The predicted octanol–water partition coefficient (Wildman–Crippen LogP) is 4.66. The number of carbonyl (C=O) groups is 2. The molecule has 0 unspecified atom stereocenters. The summed E-state index contributed by atoms with van der Waals surface area (Å²) >= 11 is 0. The first-order valence-electron chi connectivity index (χ1n) is 14.7. The van der Waals surface area contributed by atoms with Gasteiger partial charge in [0.1, 0.15) is 11.8 Å². The van der Waals surface area contributed by atoms with Crippen LogP contribution in [0.1, 0.15) is 28.7 Å². The zero-order valence-electron chi connectivity index (χ0n) is 24.5. The predicted molar refractivity (Wildman–Crippen MR) is 171 cm³/mol. The number of hydrogen-bond donors (Lipinski definition) is 4. The smallest absolute Gasteiger partial charge is 0.243 e. The number of rotatable bonds is 10. The Bertz CT molecular complexity index is 1900. The third-order valence-corrected chi connectivity index (χ3v) is 8.21. The fourth-order valence-electron chi connectivity index (χ4n) is 5.88. The van der Waals surface area contributed by atoms with Crippen LogP contribution in [0.2, 0.25) is 0 Å². The number of carbonyl (C=O) groups excluding carboxylic acids is 2. The van der Waals surface area contributed by atoms with Crippen molar-refractivity contribution in [3.63, 3.8) is 0 Å². The van der Waals surface area contributed by atoms with Gasteiger partial charge in [0.15, 0.2) is 0 Å². The number of methoxy groups -OCH3 is 1. The molecule has 0 aliphatic carbocycles. The van der Waals surface area contributed by atoms with Crippen molar-refractivity contribution in [3.8, 4) is 11.8 Å². The highest BCUT2D eigenvalue weighted by atomic mass is 16.5. The van der Waals surface area contributed by atoms with Crippen LogP contribution in [0, 0.1) is 11.3 Å². The Hall–Kier alpha value is -5.33. The minimum atomic E-state index is -0.757. The van der Waals surface area contributed by atoms with Crippen LogP contribution in [0.25, 0.3) is 27.4 Å². The van der Waals surface area contributed by atoms with E-state index in [0.29, 0.717) is 30.8 Å². The highest BCUT2D eigenvalue weighted by Gasteiger charge is 2.25. The Morgan fingerprint density at radius 3 is 2.61 bits per heavy atom. The van der Waals surface area contributed by atoms with Crippen molar-refractivity contribution in [2.45, 2.75) is 25.4 Å². The minimum Gasteiger partial charge on any atom is -0.496 e. The average molecular weight is 587 g/mol. The Balaban J connectivity index is 1.13. The second-order valence-electron chi connectivity index (χ2n) is 11.0. The topological polar surface area (TPSA) is 126 Å². The van der Waals surface area contributed by atoms with Crippen molar-refractivity contribution in [1.29, 1.82) is 5.26 Å². The number of nitrogens with zero attached hydrogens (tertiary/aromatic N) is 2. The second-order valence-corrected chi connectivity index (χ2v) is 11.0. The molecule has 1 aliphatic heterocycles. The molecular weight excluding hydrogens is 552 g/mol. The van der Waals surface area contributed by atoms with E-state index in [1.54, 1.807) is 7.11 Å². The van der Waals surface area contributed by atoms with Crippen molar-refractivity contribution < 1.29 is 14.3 Å². The van der Waals surface area contributed by atoms with E-state index in [1.807, 2.05) is 79.1 Å². The maximum Gasteiger partial charge on any atom is 0.243 e. The summed E-state index contributed by atoms with van der Waals surface area (Å²) in [5.41, 5.74) is 6.70. The average Bonchev–Trinajstić information content (AvgIpc) is 3.67. The van der Waals surface area contributed by atoms with E-state index in [9.17, 15) is 14.9 Å². The molecule has 1 aliphatic rings. The number of aromatic amines is 2. The highest BCUT2D eigenvalue weighted by molar-refractivity contribution is 5.94. The van der Waals surface area contributed by atoms with Gasteiger partial charge in [-0.05, 0) is 47.9 Å². The summed E-state index contributed by atoms with van der Waals surface area (Å²) in [5.74, 6) is 0.233. The summed E-state index contributed by atoms with van der Waals surface area (Å²) in [4.78, 5) is 35.5. The van der Waals surface area contributed by atoms with Crippen molar-refractivity contribution in [3.05, 3.63) is 107 Å². The molecule has 2 amide bonds. The van der Waals surface area contributed by atoms with E-state index in [1.165, 1.54) is 5.57 Å². The quantitative estimate of drug-likeness (QED) is 0.189. The van der Waals surface area contributed by atoms with Gasteiger partial charge >= 0.3 is 0 Å². The maximum atomic E-state index is 13.5. The van der Waals surface area contributed by atoms with Crippen LogP contribution in [0.3, 0.4) is 0 Å². The third-order valence-electron chi connectivity index (χ3n) is 8.21. The van der Waals surface area contributed by atoms with E-state index in [4.69, 9.17) is 4.74 Å². The van der Waals surface area contributed by atoms with Crippen LogP contribution < -0.4 is 15.4 Å². The van der Waals surface area contributed by atoms with E-state index < -0.39 is 6.04 Å². The first-order chi connectivity index (χ1) is 21.5. The van der Waals surface area contributed by atoms with Crippen molar-refractivity contribution in [2.24, 2.45) is 0 Å². The van der Waals surface area contributed by atoms with Crippen LogP contribution in [-0.4, -0.2) is 59.5 Å². The van der Waals surface area contributed by atoms with Crippen LogP contribution in [-0.2, 0) is 22.6 Å². The summed E-state index contributed by atoms with van der Waals surface area (Å²) in [6, 6.07) is 22.6. The lowest BCUT2D eigenvalue weighted by Gasteiger charge is -2.27. The van der Waals surface area contributed by atoms with Crippen LogP contribution in [0.4, 0.5) is 0 Å². The van der Waals surface area contributed by atoms with E-state index in [0.717, 1.165) is 44.9 Å². The van der Waals surface area contributed by atoms with Crippen LogP contribution >= 0.6 is 0 Å². The Kier molecular flexibility index (Phi) is 8.43. The minimum absolute atomic E-state index is 0.181. The molecule has 3 aromatic carbocycles. The summed E-state index contributed by atoms with van der Waals surface area (Å²) in [6.45, 7) is 1.78. The molecule has 3 heterocycles. The first kappa shape index (κ1) is 28.8. The number of ether oxygens (including phenoxy) is 1. The van der Waals surface area contributed by atoms with Crippen LogP contribution in [0.5, 0.6) is 5.75 Å². The number of aromatic nitrogens is 2.